The molecular weight excluding hydrogens is 331 g/mol. The first-order valence-corrected chi connectivity index (χ1v) is 8.09. The number of rotatable bonds is 6. The predicted molar refractivity (Wildman–Crippen MR) is 99.1 cm³/mol. The van der Waals surface area contributed by atoms with Crippen molar-refractivity contribution >= 4 is 17.6 Å². The van der Waals surface area contributed by atoms with Crippen LogP contribution in [0.3, 0.4) is 0 Å². The molecular formula is C22H17FO3. The lowest BCUT2D eigenvalue weighted by atomic mass is 10.0. The molecule has 0 aromatic heterocycles. The molecule has 3 aromatic rings. The van der Waals surface area contributed by atoms with Crippen LogP contribution in [-0.2, 0) is 11.4 Å². The number of hydrogen-bond acceptors (Lipinski definition) is 2. The maximum atomic E-state index is 13.1. The number of carbonyl (C=O) groups is 1. The summed E-state index contributed by atoms with van der Waals surface area (Å²) in [4.78, 5) is 11.6. The van der Waals surface area contributed by atoms with Gasteiger partial charge in [-0.3, -0.25) is 0 Å². The van der Waals surface area contributed by atoms with Gasteiger partial charge < -0.3 is 9.84 Å². The van der Waals surface area contributed by atoms with Crippen molar-refractivity contribution in [1.29, 1.82) is 0 Å². The largest absolute Gasteiger partial charge is 0.489 e. The third kappa shape index (κ3) is 4.57. The molecule has 26 heavy (non-hydrogen) atoms. The Balaban J connectivity index is 1.82. The molecule has 0 unspecified atom stereocenters. The highest BCUT2D eigenvalue weighted by atomic mass is 19.1. The lowest BCUT2D eigenvalue weighted by Crippen LogP contribution is -2.00. The molecule has 0 amide bonds. The van der Waals surface area contributed by atoms with E-state index in [0.29, 0.717) is 23.5 Å². The van der Waals surface area contributed by atoms with E-state index < -0.39 is 11.8 Å². The normalized spacial score (nSPS) is 11.2. The van der Waals surface area contributed by atoms with Crippen LogP contribution in [0.25, 0.3) is 11.6 Å². The highest BCUT2D eigenvalue weighted by Gasteiger charge is 2.11. The number of carboxylic acid groups (broad SMARTS) is 1. The van der Waals surface area contributed by atoms with E-state index in [4.69, 9.17) is 4.74 Å². The van der Waals surface area contributed by atoms with E-state index in [1.54, 1.807) is 24.3 Å². The monoisotopic (exact) mass is 348 g/mol. The van der Waals surface area contributed by atoms with Crippen LogP contribution in [0.5, 0.6) is 5.75 Å². The van der Waals surface area contributed by atoms with Crippen molar-refractivity contribution < 1.29 is 19.0 Å². The van der Waals surface area contributed by atoms with Crippen LogP contribution in [0.15, 0.2) is 78.9 Å². The Labute approximate surface area is 151 Å². The van der Waals surface area contributed by atoms with Crippen molar-refractivity contribution in [3.05, 3.63) is 101 Å². The van der Waals surface area contributed by atoms with Crippen molar-refractivity contribution in [2.24, 2.45) is 0 Å². The molecule has 3 nitrogen and oxygen atoms in total. The Kier molecular flexibility index (Phi) is 5.44. The van der Waals surface area contributed by atoms with Crippen molar-refractivity contribution in [2.45, 2.75) is 6.61 Å². The summed E-state index contributed by atoms with van der Waals surface area (Å²) in [6, 6.07) is 22.3. The standard InChI is InChI=1S/C22H17FO3/c23-19-11-9-18(10-12-19)21(22(24)25)14-17-7-4-8-20(13-17)26-15-16-5-2-1-3-6-16/h1-14H,15H2,(H,24,25). The van der Waals surface area contributed by atoms with Gasteiger partial charge in [-0.25, -0.2) is 9.18 Å². The second-order valence-electron chi connectivity index (χ2n) is 5.72. The van der Waals surface area contributed by atoms with E-state index in [1.165, 1.54) is 24.3 Å². The van der Waals surface area contributed by atoms with Crippen LogP contribution in [0.4, 0.5) is 4.39 Å². The van der Waals surface area contributed by atoms with Crippen molar-refractivity contribution in [3.8, 4) is 5.75 Å². The summed E-state index contributed by atoms with van der Waals surface area (Å²) in [5, 5.41) is 9.49. The molecule has 3 aromatic carbocycles. The molecule has 0 radical (unpaired) electrons. The molecule has 0 aliphatic carbocycles. The summed E-state index contributed by atoms with van der Waals surface area (Å²) in [6.07, 6.45) is 1.55. The summed E-state index contributed by atoms with van der Waals surface area (Å²) in [5.41, 5.74) is 2.27. The summed E-state index contributed by atoms with van der Waals surface area (Å²) in [5.74, 6) is -0.839. The van der Waals surface area contributed by atoms with Crippen LogP contribution in [0.2, 0.25) is 0 Å². The minimum Gasteiger partial charge on any atom is -0.489 e. The smallest absolute Gasteiger partial charge is 0.336 e. The summed E-state index contributed by atoms with van der Waals surface area (Å²) >= 11 is 0. The maximum absolute atomic E-state index is 13.1. The van der Waals surface area contributed by atoms with E-state index in [2.05, 4.69) is 0 Å². The topological polar surface area (TPSA) is 46.5 Å². The maximum Gasteiger partial charge on any atom is 0.336 e. The van der Waals surface area contributed by atoms with Gasteiger partial charge >= 0.3 is 5.97 Å². The molecule has 0 aliphatic heterocycles. The lowest BCUT2D eigenvalue weighted by Gasteiger charge is -2.08. The van der Waals surface area contributed by atoms with Gasteiger partial charge in [-0.2, -0.15) is 0 Å². The number of halogens is 1. The van der Waals surface area contributed by atoms with Gasteiger partial charge in [-0.15, -0.1) is 0 Å². The third-order valence-electron chi connectivity index (χ3n) is 3.80. The van der Waals surface area contributed by atoms with Crippen LogP contribution in [0.1, 0.15) is 16.7 Å². The summed E-state index contributed by atoms with van der Waals surface area (Å²) in [7, 11) is 0. The van der Waals surface area contributed by atoms with Crippen LogP contribution < -0.4 is 4.74 Å². The van der Waals surface area contributed by atoms with E-state index in [9.17, 15) is 14.3 Å². The third-order valence-corrected chi connectivity index (χ3v) is 3.80. The van der Waals surface area contributed by atoms with E-state index in [0.717, 1.165) is 5.56 Å². The zero-order valence-electron chi connectivity index (χ0n) is 13.9. The number of carboxylic acids is 1. The first-order valence-electron chi connectivity index (χ1n) is 8.09. The fourth-order valence-corrected chi connectivity index (χ4v) is 2.50. The number of ether oxygens (including phenoxy) is 1. The van der Waals surface area contributed by atoms with Gasteiger partial charge in [0.25, 0.3) is 0 Å². The first-order chi connectivity index (χ1) is 12.6. The van der Waals surface area contributed by atoms with Crippen LogP contribution in [0, 0.1) is 5.82 Å². The fraction of sp³-hybridized carbons (Fsp3) is 0.0455. The molecule has 0 atom stereocenters. The van der Waals surface area contributed by atoms with Crippen molar-refractivity contribution in [2.75, 3.05) is 0 Å². The molecule has 3 rings (SSSR count). The molecule has 0 heterocycles. The highest BCUT2D eigenvalue weighted by Crippen LogP contribution is 2.22. The number of benzene rings is 3. The van der Waals surface area contributed by atoms with E-state index in [-0.39, 0.29) is 5.57 Å². The van der Waals surface area contributed by atoms with Gasteiger partial charge in [0.05, 0.1) is 5.57 Å². The minimum atomic E-state index is -1.08. The molecule has 0 fully saturated rings. The number of hydrogen-bond donors (Lipinski definition) is 1. The van der Waals surface area contributed by atoms with Gasteiger partial charge in [0.1, 0.15) is 18.2 Å². The first kappa shape index (κ1) is 17.4. The Bertz CT molecular complexity index is 916. The molecule has 0 spiro atoms. The zero-order valence-corrected chi connectivity index (χ0v) is 13.9. The van der Waals surface area contributed by atoms with Crippen molar-refractivity contribution in [1.82, 2.24) is 0 Å². The highest BCUT2D eigenvalue weighted by molar-refractivity contribution is 6.20. The summed E-state index contributed by atoms with van der Waals surface area (Å²) in [6.45, 7) is 0.428. The second-order valence-corrected chi connectivity index (χ2v) is 5.72. The fourth-order valence-electron chi connectivity index (χ4n) is 2.50. The SMILES string of the molecule is O=C(O)C(=Cc1cccc(OCc2ccccc2)c1)c1ccc(F)cc1. The minimum absolute atomic E-state index is 0.0882. The Morgan fingerprint density at radius 3 is 2.38 bits per heavy atom. The van der Waals surface area contributed by atoms with Gasteiger partial charge in [0.2, 0.25) is 0 Å². The molecule has 0 aliphatic rings. The van der Waals surface area contributed by atoms with Gasteiger partial charge in [0, 0.05) is 0 Å². The van der Waals surface area contributed by atoms with Gasteiger partial charge in [0.15, 0.2) is 0 Å². The van der Waals surface area contributed by atoms with Gasteiger partial charge in [-0.05, 0) is 47.0 Å². The molecule has 4 heteroatoms. The van der Waals surface area contributed by atoms with Crippen LogP contribution >= 0.6 is 0 Å². The number of aliphatic carboxylic acids is 1. The van der Waals surface area contributed by atoms with E-state index >= 15 is 0 Å². The predicted octanol–water partition coefficient (Wildman–Crippen LogP) is 5.03. The molecule has 130 valence electrons. The van der Waals surface area contributed by atoms with Crippen molar-refractivity contribution in [3.63, 3.8) is 0 Å². The lowest BCUT2D eigenvalue weighted by molar-refractivity contribution is -0.130. The molecule has 1 N–H and O–H groups in total. The molecule has 0 bridgehead atoms. The molecule has 0 saturated carbocycles. The Morgan fingerprint density at radius 2 is 1.69 bits per heavy atom. The Hall–Kier alpha value is -3.40. The van der Waals surface area contributed by atoms with Gasteiger partial charge in [-0.1, -0.05) is 54.6 Å². The zero-order chi connectivity index (χ0) is 18.4. The Morgan fingerprint density at radius 1 is 0.962 bits per heavy atom. The average Bonchev–Trinajstić information content (AvgIpc) is 2.66. The quantitative estimate of drug-likeness (QED) is 0.502. The molecule has 0 saturated heterocycles. The van der Waals surface area contributed by atoms with E-state index in [1.807, 2.05) is 36.4 Å². The summed E-state index contributed by atoms with van der Waals surface area (Å²) < 4.78 is 18.8. The average molecular weight is 348 g/mol. The second kappa shape index (κ2) is 8.12. The van der Waals surface area contributed by atoms with Crippen LogP contribution in [-0.4, -0.2) is 11.1 Å².